The van der Waals surface area contributed by atoms with E-state index in [1.54, 1.807) is 12.1 Å². The molecule has 1 aliphatic rings. The first kappa shape index (κ1) is 13.5. The lowest BCUT2D eigenvalue weighted by Crippen LogP contribution is -2.45. The van der Waals surface area contributed by atoms with Crippen LogP contribution in [0.1, 0.15) is 18.0 Å². The topological polar surface area (TPSA) is 82.2 Å². The van der Waals surface area contributed by atoms with E-state index in [-0.39, 0.29) is 11.7 Å². The molecule has 100 valence electrons. The van der Waals surface area contributed by atoms with Crippen LogP contribution in [0.5, 0.6) is 0 Å². The minimum Gasteiger partial charge on any atom is -0.314 e. The molecule has 6 heteroatoms. The fraction of sp³-hybridized carbons (Fsp3) is 0.462. The molecule has 6 nitrogen and oxygen atoms in total. The van der Waals surface area contributed by atoms with Crippen molar-refractivity contribution in [3.05, 3.63) is 39.9 Å². The maximum atomic E-state index is 10.8. The molecule has 1 aromatic rings. The van der Waals surface area contributed by atoms with Crippen LogP contribution in [0.3, 0.4) is 0 Å². The second-order valence-electron chi connectivity index (χ2n) is 4.52. The van der Waals surface area contributed by atoms with Crippen LogP contribution < -0.4 is 5.32 Å². The van der Waals surface area contributed by atoms with Crippen LogP contribution in [-0.4, -0.2) is 36.0 Å². The fourth-order valence-corrected chi connectivity index (χ4v) is 2.38. The lowest BCUT2D eigenvalue weighted by Gasteiger charge is -2.33. The second kappa shape index (κ2) is 6.27. The van der Waals surface area contributed by atoms with E-state index in [0.29, 0.717) is 6.42 Å². The molecule has 1 atom stereocenters. The molecular formula is C13H16N4O2. The Bertz CT molecular complexity index is 492. The molecule has 0 amide bonds. The molecule has 1 heterocycles. The predicted octanol–water partition coefficient (Wildman–Crippen LogP) is 1.45. The van der Waals surface area contributed by atoms with E-state index < -0.39 is 4.92 Å². The molecule has 19 heavy (non-hydrogen) atoms. The Balaban J connectivity index is 2.25. The summed E-state index contributed by atoms with van der Waals surface area (Å²) in [5.41, 5.74) is 0.924. The van der Waals surface area contributed by atoms with Crippen molar-refractivity contribution in [3.8, 4) is 6.07 Å². The number of benzene rings is 1. The van der Waals surface area contributed by atoms with E-state index in [1.165, 1.54) is 6.07 Å². The van der Waals surface area contributed by atoms with Gasteiger partial charge in [0.15, 0.2) is 0 Å². The van der Waals surface area contributed by atoms with Crippen LogP contribution in [0.15, 0.2) is 24.3 Å². The van der Waals surface area contributed by atoms with Crippen molar-refractivity contribution in [2.45, 2.75) is 12.5 Å². The number of hydrogen-bond acceptors (Lipinski definition) is 5. The maximum Gasteiger partial charge on any atom is 0.269 e. The van der Waals surface area contributed by atoms with Gasteiger partial charge in [-0.25, -0.2) is 0 Å². The van der Waals surface area contributed by atoms with E-state index in [1.807, 2.05) is 6.07 Å². The lowest BCUT2D eigenvalue weighted by atomic mass is 10.0. The van der Waals surface area contributed by atoms with Crippen LogP contribution in [0, 0.1) is 21.4 Å². The quantitative estimate of drug-likeness (QED) is 0.654. The third-order valence-corrected chi connectivity index (χ3v) is 3.34. The van der Waals surface area contributed by atoms with E-state index in [2.05, 4.69) is 16.3 Å². The van der Waals surface area contributed by atoms with Crippen molar-refractivity contribution in [2.75, 3.05) is 26.2 Å². The predicted molar refractivity (Wildman–Crippen MR) is 70.5 cm³/mol. The molecule has 0 aliphatic carbocycles. The molecule has 1 N–H and O–H groups in total. The van der Waals surface area contributed by atoms with Gasteiger partial charge < -0.3 is 5.32 Å². The van der Waals surface area contributed by atoms with Crippen molar-refractivity contribution in [2.24, 2.45) is 0 Å². The van der Waals surface area contributed by atoms with Crippen molar-refractivity contribution in [1.29, 1.82) is 5.26 Å². The number of nitro benzene ring substituents is 1. The second-order valence-corrected chi connectivity index (χ2v) is 4.52. The first-order valence-corrected chi connectivity index (χ1v) is 6.28. The summed E-state index contributed by atoms with van der Waals surface area (Å²) in [5.74, 6) is 0. The van der Waals surface area contributed by atoms with E-state index >= 15 is 0 Å². The highest BCUT2D eigenvalue weighted by Crippen LogP contribution is 2.27. The molecule has 1 aliphatic heterocycles. The zero-order chi connectivity index (χ0) is 13.7. The summed E-state index contributed by atoms with van der Waals surface area (Å²) < 4.78 is 0. The molecule has 0 saturated carbocycles. The minimum absolute atomic E-state index is 0.0630. The van der Waals surface area contributed by atoms with Crippen LogP contribution in [0.4, 0.5) is 5.69 Å². The van der Waals surface area contributed by atoms with E-state index in [0.717, 1.165) is 31.7 Å². The summed E-state index contributed by atoms with van der Waals surface area (Å²) in [6.07, 6.45) is 0.348. The lowest BCUT2D eigenvalue weighted by molar-refractivity contribution is -0.385. The third-order valence-electron chi connectivity index (χ3n) is 3.34. The number of non-ortho nitro benzene ring substituents is 1. The molecule has 1 fully saturated rings. The van der Waals surface area contributed by atoms with Crippen molar-refractivity contribution < 1.29 is 4.92 Å². The minimum atomic E-state index is -0.398. The smallest absolute Gasteiger partial charge is 0.269 e. The van der Waals surface area contributed by atoms with Gasteiger partial charge in [0.05, 0.1) is 17.4 Å². The molecule has 1 saturated heterocycles. The van der Waals surface area contributed by atoms with Gasteiger partial charge in [-0.3, -0.25) is 15.0 Å². The first-order chi connectivity index (χ1) is 9.22. The monoisotopic (exact) mass is 260 g/mol. The Labute approximate surface area is 111 Å². The van der Waals surface area contributed by atoms with Crippen LogP contribution in [0.25, 0.3) is 0 Å². The largest absolute Gasteiger partial charge is 0.314 e. The Hall–Kier alpha value is -1.97. The number of rotatable bonds is 4. The molecule has 1 aromatic carbocycles. The van der Waals surface area contributed by atoms with Gasteiger partial charge in [-0.05, 0) is 5.56 Å². The fourth-order valence-electron chi connectivity index (χ4n) is 2.38. The first-order valence-electron chi connectivity index (χ1n) is 6.28. The summed E-state index contributed by atoms with van der Waals surface area (Å²) in [6.45, 7) is 3.48. The number of piperazine rings is 1. The van der Waals surface area contributed by atoms with Crippen molar-refractivity contribution in [1.82, 2.24) is 10.2 Å². The average molecular weight is 260 g/mol. The van der Waals surface area contributed by atoms with Gasteiger partial charge in [0.2, 0.25) is 0 Å². The number of hydrogen-bond donors (Lipinski definition) is 1. The molecule has 0 unspecified atom stereocenters. The number of nitro groups is 1. The number of nitriles is 1. The van der Waals surface area contributed by atoms with Crippen LogP contribution in [0.2, 0.25) is 0 Å². The Morgan fingerprint density at radius 3 is 2.84 bits per heavy atom. The highest BCUT2D eigenvalue weighted by molar-refractivity contribution is 5.36. The summed E-state index contributed by atoms with van der Waals surface area (Å²) in [7, 11) is 0. The number of nitrogens with one attached hydrogen (secondary N) is 1. The molecule has 0 bridgehead atoms. The Morgan fingerprint density at radius 1 is 1.47 bits per heavy atom. The summed E-state index contributed by atoms with van der Waals surface area (Å²) >= 11 is 0. The van der Waals surface area contributed by atoms with Crippen molar-refractivity contribution in [3.63, 3.8) is 0 Å². The van der Waals surface area contributed by atoms with Gasteiger partial charge in [0, 0.05) is 44.4 Å². The zero-order valence-electron chi connectivity index (χ0n) is 10.6. The van der Waals surface area contributed by atoms with Crippen LogP contribution >= 0.6 is 0 Å². The number of nitrogens with zero attached hydrogens (tertiary/aromatic N) is 3. The van der Waals surface area contributed by atoms with Gasteiger partial charge in [0.25, 0.3) is 5.69 Å². The molecule has 2 rings (SSSR count). The summed E-state index contributed by atoms with van der Waals surface area (Å²) in [5, 5.41) is 23.1. The highest BCUT2D eigenvalue weighted by atomic mass is 16.6. The Morgan fingerprint density at radius 2 is 2.21 bits per heavy atom. The van der Waals surface area contributed by atoms with E-state index in [9.17, 15) is 10.1 Å². The average Bonchev–Trinajstić information content (AvgIpc) is 2.46. The van der Waals surface area contributed by atoms with Gasteiger partial charge >= 0.3 is 0 Å². The van der Waals surface area contributed by atoms with E-state index in [4.69, 9.17) is 5.26 Å². The summed E-state index contributed by atoms with van der Waals surface area (Å²) in [4.78, 5) is 12.6. The van der Waals surface area contributed by atoms with Gasteiger partial charge in [0.1, 0.15) is 0 Å². The third kappa shape index (κ3) is 3.28. The molecule has 0 spiro atoms. The normalized spacial score (nSPS) is 17.6. The highest BCUT2D eigenvalue weighted by Gasteiger charge is 2.23. The summed E-state index contributed by atoms with van der Waals surface area (Å²) in [6, 6.07) is 8.71. The van der Waals surface area contributed by atoms with Gasteiger partial charge in [-0.1, -0.05) is 12.1 Å². The van der Waals surface area contributed by atoms with Gasteiger partial charge in [-0.15, -0.1) is 0 Å². The van der Waals surface area contributed by atoms with Crippen molar-refractivity contribution >= 4 is 5.69 Å². The molecule has 0 radical (unpaired) electrons. The standard InChI is InChI=1S/C13H16N4O2/c14-5-4-13(16-8-6-15-7-9-16)11-2-1-3-12(10-11)17(18)19/h1-3,10,13,15H,4,6-9H2/t13-/m1/s1. The SMILES string of the molecule is N#CC[C@H](c1cccc([N+](=O)[O-])c1)N1CCNCC1. The molecular weight excluding hydrogens is 244 g/mol. The van der Waals surface area contributed by atoms with Crippen LogP contribution in [-0.2, 0) is 0 Å². The molecule has 0 aromatic heterocycles. The maximum absolute atomic E-state index is 10.8. The van der Waals surface area contributed by atoms with Gasteiger partial charge in [-0.2, -0.15) is 5.26 Å². The zero-order valence-corrected chi connectivity index (χ0v) is 10.6. The Kier molecular flexibility index (Phi) is 4.44.